The van der Waals surface area contributed by atoms with E-state index in [0.29, 0.717) is 15.5 Å². The van der Waals surface area contributed by atoms with Crippen molar-refractivity contribution in [1.29, 1.82) is 0 Å². The van der Waals surface area contributed by atoms with E-state index in [1.807, 2.05) is 34.0 Å². The van der Waals surface area contributed by atoms with Crippen LogP contribution in [0.15, 0.2) is 18.3 Å². The molecule has 0 spiro atoms. The van der Waals surface area contributed by atoms with E-state index in [9.17, 15) is 0 Å². The van der Waals surface area contributed by atoms with Gasteiger partial charge in [-0.3, -0.25) is 4.68 Å². The smallest absolute Gasteiger partial charge is 0.154 e. The number of aromatic nitrogens is 6. The Morgan fingerprint density at radius 2 is 1.42 bits per heavy atom. The van der Waals surface area contributed by atoms with E-state index < -0.39 is 0 Å². The SMILES string of the molecule is Cc1cc(Cl)nnc1-c1cn(C)nc1C.Cc1cc(Cl)nnc1Cl. The lowest BCUT2D eigenvalue weighted by molar-refractivity contribution is 0.756. The minimum atomic E-state index is 0.372. The summed E-state index contributed by atoms with van der Waals surface area (Å²) in [5.41, 5.74) is 4.63. The van der Waals surface area contributed by atoms with Gasteiger partial charge in [-0.1, -0.05) is 34.8 Å². The lowest BCUT2D eigenvalue weighted by Crippen LogP contribution is -1.92. The second-order valence-corrected chi connectivity index (χ2v) is 6.27. The number of rotatable bonds is 1. The molecule has 0 saturated carbocycles. The molecule has 0 aliphatic carbocycles. The molecule has 0 atom stereocenters. The number of nitrogens with zero attached hydrogens (tertiary/aromatic N) is 6. The highest BCUT2D eigenvalue weighted by Crippen LogP contribution is 2.23. The molecule has 0 aliphatic rings. The van der Waals surface area contributed by atoms with Gasteiger partial charge in [-0.2, -0.15) is 5.10 Å². The molecule has 24 heavy (non-hydrogen) atoms. The lowest BCUT2D eigenvalue weighted by atomic mass is 10.1. The van der Waals surface area contributed by atoms with Crippen molar-refractivity contribution in [3.63, 3.8) is 0 Å². The van der Waals surface area contributed by atoms with E-state index in [1.54, 1.807) is 16.8 Å². The average Bonchev–Trinajstić information content (AvgIpc) is 2.83. The predicted octanol–water partition coefficient (Wildman–Crippen LogP) is 4.24. The topological polar surface area (TPSA) is 69.4 Å². The molecule has 0 N–H and O–H groups in total. The van der Waals surface area contributed by atoms with Crippen LogP contribution < -0.4 is 0 Å². The molecule has 3 rings (SSSR count). The normalized spacial score (nSPS) is 10.3. The maximum Gasteiger partial charge on any atom is 0.154 e. The Labute approximate surface area is 154 Å². The highest BCUT2D eigenvalue weighted by Gasteiger charge is 2.11. The molecule has 3 aromatic rings. The van der Waals surface area contributed by atoms with Crippen LogP contribution in [0.3, 0.4) is 0 Å². The Morgan fingerprint density at radius 3 is 1.88 bits per heavy atom. The molecule has 0 aromatic carbocycles. The van der Waals surface area contributed by atoms with Crippen LogP contribution in [0, 0.1) is 20.8 Å². The van der Waals surface area contributed by atoms with Crippen LogP contribution in [0.1, 0.15) is 16.8 Å². The van der Waals surface area contributed by atoms with Gasteiger partial charge in [0.05, 0.1) is 11.4 Å². The first-order valence-electron chi connectivity index (χ1n) is 6.93. The van der Waals surface area contributed by atoms with Crippen LogP contribution in [-0.4, -0.2) is 30.2 Å². The van der Waals surface area contributed by atoms with E-state index in [2.05, 4.69) is 25.5 Å². The van der Waals surface area contributed by atoms with Crippen LogP contribution in [0.25, 0.3) is 11.3 Å². The first-order chi connectivity index (χ1) is 11.3. The van der Waals surface area contributed by atoms with Crippen LogP contribution in [0.4, 0.5) is 0 Å². The Balaban J connectivity index is 0.000000198. The quantitative estimate of drug-likeness (QED) is 0.626. The summed E-state index contributed by atoms with van der Waals surface area (Å²) in [6, 6.07) is 3.47. The van der Waals surface area contributed by atoms with E-state index in [1.165, 1.54) is 0 Å². The number of hydrogen-bond acceptors (Lipinski definition) is 5. The number of aryl methyl sites for hydroxylation is 4. The molecule has 0 aliphatic heterocycles. The summed E-state index contributed by atoms with van der Waals surface area (Å²) < 4.78 is 1.76. The molecule has 0 fully saturated rings. The van der Waals surface area contributed by atoms with Crippen LogP contribution >= 0.6 is 34.8 Å². The molecule has 9 heteroatoms. The molecule has 6 nitrogen and oxygen atoms in total. The molecule has 3 aromatic heterocycles. The fourth-order valence-corrected chi connectivity index (χ4v) is 2.48. The van der Waals surface area contributed by atoms with Gasteiger partial charge in [-0.25, -0.2) is 0 Å². The molecule has 0 bridgehead atoms. The Bertz CT molecular complexity index is 862. The second-order valence-electron chi connectivity index (χ2n) is 5.14. The molecule has 3 heterocycles. The largest absolute Gasteiger partial charge is 0.275 e. The van der Waals surface area contributed by atoms with Gasteiger partial charge in [0.15, 0.2) is 15.5 Å². The molecule has 126 valence electrons. The summed E-state index contributed by atoms with van der Waals surface area (Å²) in [4.78, 5) is 0. The maximum atomic E-state index is 5.75. The molecular weight excluding hydrogens is 371 g/mol. The van der Waals surface area contributed by atoms with Crippen LogP contribution in [-0.2, 0) is 7.05 Å². The monoisotopic (exact) mass is 384 g/mol. The van der Waals surface area contributed by atoms with Gasteiger partial charge in [-0.05, 0) is 44.0 Å². The zero-order valence-electron chi connectivity index (χ0n) is 13.5. The van der Waals surface area contributed by atoms with E-state index in [0.717, 1.165) is 28.1 Å². The first kappa shape index (κ1) is 18.6. The third kappa shape index (κ3) is 4.63. The van der Waals surface area contributed by atoms with Crippen molar-refractivity contribution in [2.75, 3.05) is 0 Å². The summed E-state index contributed by atoms with van der Waals surface area (Å²) in [5.74, 6) is 0. The van der Waals surface area contributed by atoms with Gasteiger partial charge in [0.25, 0.3) is 0 Å². The zero-order chi connectivity index (χ0) is 17.9. The fourth-order valence-electron chi connectivity index (χ4n) is 1.99. The number of halogens is 3. The van der Waals surface area contributed by atoms with Crippen molar-refractivity contribution in [2.45, 2.75) is 20.8 Å². The highest BCUT2D eigenvalue weighted by molar-refractivity contribution is 6.31. The highest BCUT2D eigenvalue weighted by atomic mass is 35.5. The fraction of sp³-hybridized carbons (Fsp3) is 0.267. The van der Waals surface area contributed by atoms with Crippen molar-refractivity contribution < 1.29 is 0 Å². The molecule has 0 unspecified atom stereocenters. The zero-order valence-corrected chi connectivity index (χ0v) is 15.8. The average molecular weight is 386 g/mol. The van der Waals surface area contributed by atoms with Crippen molar-refractivity contribution >= 4 is 34.8 Å². The van der Waals surface area contributed by atoms with Crippen LogP contribution in [0.5, 0.6) is 0 Å². The molecule has 0 saturated heterocycles. The first-order valence-corrected chi connectivity index (χ1v) is 8.07. The summed E-state index contributed by atoms with van der Waals surface area (Å²) >= 11 is 16.8. The Hall–Kier alpha value is -1.76. The molecule has 0 radical (unpaired) electrons. The summed E-state index contributed by atoms with van der Waals surface area (Å²) in [6.07, 6.45) is 1.93. The Morgan fingerprint density at radius 1 is 0.833 bits per heavy atom. The van der Waals surface area contributed by atoms with Gasteiger partial charge in [0, 0.05) is 18.8 Å². The molecule has 0 amide bonds. The predicted molar refractivity (Wildman–Crippen MR) is 95.5 cm³/mol. The number of hydrogen-bond donors (Lipinski definition) is 0. The maximum absolute atomic E-state index is 5.75. The molecular formula is C15H15Cl3N6. The van der Waals surface area contributed by atoms with E-state index in [4.69, 9.17) is 34.8 Å². The second kappa shape index (κ2) is 7.88. The third-order valence-corrected chi connectivity index (χ3v) is 3.86. The third-order valence-electron chi connectivity index (χ3n) is 3.12. The van der Waals surface area contributed by atoms with Crippen molar-refractivity contribution in [1.82, 2.24) is 30.2 Å². The minimum absolute atomic E-state index is 0.372. The van der Waals surface area contributed by atoms with E-state index >= 15 is 0 Å². The summed E-state index contributed by atoms with van der Waals surface area (Å²) in [7, 11) is 1.88. The van der Waals surface area contributed by atoms with Gasteiger partial charge < -0.3 is 0 Å². The van der Waals surface area contributed by atoms with Crippen molar-refractivity contribution in [3.05, 3.63) is 50.6 Å². The van der Waals surface area contributed by atoms with Crippen molar-refractivity contribution in [3.8, 4) is 11.3 Å². The summed E-state index contributed by atoms with van der Waals surface area (Å²) in [5, 5.41) is 20.5. The van der Waals surface area contributed by atoms with E-state index in [-0.39, 0.29) is 0 Å². The summed E-state index contributed by atoms with van der Waals surface area (Å²) in [6.45, 7) is 5.73. The van der Waals surface area contributed by atoms with Gasteiger partial charge in [0.2, 0.25) is 0 Å². The van der Waals surface area contributed by atoms with Crippen LogP contribution in [0.2, 0.25) is 15.5 Å². The van der Waals surface area contributed by atoms with Crippen molar-refractivity contribution in [2.24, 2.45) is 7.05 Å². The minimum Gasteiger partial charge on any atom is -0.275 e. The van der Waals surface area contributed by atoms with Gasteiger partial charge >= 0.3 is 0 Å². The Kier molecular flexibility index (Phi) is 6.10. The standard InChI is InChI=1S/C10H11ClN4.C5H4Cl2N2/c1-6-4-9(11)12-13-10(6)8-5-15(3)14-7(8)2;1-3-2-4(6)8-9-5(3)7/h4-5H,1-3H3;2H,1H3. The van der Waals surface area contributed by atoms with Gasteiger partial charge in [-0.15, -0.1) is 20.4 Å². The van der Waals surface area contributed by atoms with Gasteiger partial charge in [0.1, 0.15) is 0 Å². The lowest BCUT2D eigenvalue weighted by Gasteiger charge is -2.01.